The van der Waals surface area contributed by atoms with Crippen LogP contribution in [0.4, 0.5) is 11.5 Å². The summed E-state index contributed by atoms with van der Waals surface area (Å²) in [7, 11) is 1.57. The largest absolute Gasteiger partial charge is 0.481 e. The first-order valence-corrected chi connectivity index (χ1v) is 5.77. The Morgan fingerprint density at radius 2 is 2.21 bits per heavy atom. The van der Waals surface area contributed by atoms with Crippen LogP contribution >= 0.6 is 11.6 Å². The maximum absolute atomic E-state index is 5.93. The normalized spacial score (nSPS) is 10.6. The molecule has 0 atom stereocenters. The molecule has 0 saturated heterocycles. The number of fused-ring (bicyclic) bond motifs is 1. The van der Waals surface area contributed by atoms with Gasteiger partial charge in [-0.25, -0.2) is 4.98 Å². The molecule has 8 heteroatoms. The number of nitrogens with one attached hydrogen (secondary N) is 1. The second kappa shape index (κ2) is 4.69. The van der Waals surface area contributed by atoms with E-state index in [0.29, 0.717) is 22.6 Å². The molecule has 19 heavy (non-hydrogen) atoms. The van der Waals surface area contributed by atoms with E-state index in [0.717, 1.165) is 5.69 Å². The van der Waals surface area contributed by atoms with Gasteiger partial charge in [-0.1, -0.05) is 11.6 Å². The Bertz CT molecular complexity index is 711. The van der Waals surface area contributed by atoms with Crippen LogP contribution in [-0.4, -0.2) is 31.7 Å². The zero-order valence-corrected chi connectivity index (χ0v) is 10.7. The smallest absolute Gasteiger partial charge is 0.255 e. The molecule has 0 amide bonds. The van der Waals surface area contributed by atoms with Crippen molar-refractivity contribution in [1.82, 2.24) is 24.6 Å². The zero-order chi connectivity index (χ0) is 13.2. The van der Waals surface area contributed by atoms with Gasteiger partial charge in [0.2, 0.25) is 5.88 Å². The van der Waals surface area contributed by atoms with Gasteiger partial charge in [0.15, 0.2) is 0 Å². The fourth-order valence-electron chi connectivity index (χ4n) is 1.60. The summed E-state index contributed by atoms with van der Waals surface area (Å²) >= 11 is 5.93. The van der Waals surface area contributed by atoms with Crippen molar-refractivity contribution in [2.24, 2.45) is 0 Å². The van der Waals surface area contributed by atoms with Crippen LogP contribution in [0.2, 0.25) is 5.15 Å². The van der Waals surface area contributed by atoms with Crippen molar-refractivity contribution >= 4 is 28.9 Å². The van der Waals surface area contributed by atoms with E-state index >= 15 is 0 Å². The lowest BCUT2D eigenvalue weighted by Crippen LogP contribution is -2.02. The summed E-state index contributed by atoms with van der Waals surface area (Å²) in [5, 5.41) is 7.55. The number of aromatic nitrogens is 5. The first-order chi connectivity index (χ1) is 9.26. The van der Waals surface area contributed by atoms with Gasteiger partial charge in [-0.2, -0.15) is 19.6 Å². The fraction of sp³-hybridized carbons (Fsp3) is 0.0909. The van der Waals surface area contributed by atoms with Gasteiger partial charge in [0.25, 0.3) is 5.78 Å². The van der Waals surface area contributed by atoms with Gasteiger partial charge in [0.1, 0.15) is 17.3 Å². The molecule has 0 fully saturated rings. The van der Waals surface area contributed by atoms with Crippen LogP contribution in [0.5, 0.6) is 5.88 Å². The van der Waals surface area contributed by atoms with Crippen molar-refractivity contribution in [1.29, 1.82) is 0 Å². The number of hydrogen-bond donors (Lipinski definition) is 1. The summed E-state index contributed by atoms with van der Waals surface area (Å²) in [5.74, 6) is 1.63. The number of pyridine rings is 1. The van der Waals surface area contributed by atoms with E-state index in [2.05, 4.69) is 25.4 Å². The van der Waals surface area contributed by atoms with Gasteiger partial charge in [-0.15, -0.1) is 0 Å². The van der Waals surface area contributed by atoms with Crippen molar-refractivity contribution < 1.29 is 4.74 Å². The molecule has 0 spiro atoms. The molecule has 3 heterocycles. The molecule has 0 radical (unpaired) electrons. The molecule has 0 saturated carbocycles. The predicted octanol–water partition coefficient (Wildman–Crippen LogP) is 1.92. The number of methoxy groups -OCH3 is 1. The van der Waals surface area contributed by atoms with Crippen LogP contribution < -0.4 is 10.1 Å². The minimum absolute atomic E-state index is 0.337. The van der Waals surface area contributed by atoms with Crippen LogP contribution in [0.3, 0.4) is 0 Å². The number of hydrogen-bond acceptors (Lipinski definition) is 6. The summed E-state index contributed by atoms with van der Waals surface area (Å²) in [5.41, 5.74) is 0.778. The van der Waals surface area contributed by atoms with Crippen LogP contribution in [0.15, 0.2) is 30.7 Å². The standard InChI is InChI=1S/C11H9ClN6O/c1-19-10-3-2-7(5-13-10)16-9-4-8(12)17-11-14-6-15-18(9)11/h2-6,16H,1H3. The Morgan fingerprint density at radius 3 is 2.95 bits per heavy atom. The molecular weight excluding hydrogens is 268 g/mol. The SMILES string of the molecule is COc1ccc(Nc2cc(Cl)nc3ncnn23)cn1. The quantitative estimate of drug-likeness (QED) is 0.737. The second-order valence-electron chi connectivity index (χ2n) is 3.65. The number of anilines is 2. The van der Waals surface area contributed by atoms with Gasteiger partial charge < -0.3 is 10.1 Å². The first kappa shape index (κ1) is 11.7. The minimum Gasteiger partial charge on any atom is -0.481 e. The Kier molecular flexibility index (Phi) is 2.88. The predicted molar refractivity (Wildman–Crippen MR) is 69.9 cm³/mol. The van der Waals surface area contributed by atoms with Crippen molar-refractivity contribution in [2.75, 3.05) is 12.4 Å². The maximum Gasteiger partial charge on any atom is 0.255 e. The summed E-state index contributed by atoms with van der Waals surface area (Å²) in [6.45, 7) is 0. The molecule has 0 bridgehead atoms. The topological polar surface area (TPSA) is 77.2 Å². The Morgan fingerprint density at radius 1 is 1.32 bits per heavy atom. The van der Waals surface area contributed by atoms with Gasteiger partial charge in [-0.05, 0) is 6.07 Å². The highest BCUT2D eigenvalue weighted by Crippen LogP contribution is 2.20. The monoisotopic (exact) mass is 276 g/mol. The molecule has 0 unspecified atom stereocenters. The van der Waals surface area contributed by atoms with Crippen LogP contribution in [0, 0.1) is 0 Å². The molecule has 0 aliphatic rings. The van der Waals surface area contributed by atoms with E-state index in [1.54, 1.807) is 30.0 Å². The van der Waals surface area contributed by atoms with Gasteiger partial charge in [0, 0.05) is 12.1 Å². The van der Waals surface area contributed by atoms with Crippen LogP contribution in [0.1, 0.15) is 0 Å². The number of halogens is 1. The highest BCUT2D eigenvalue weighted by atomic mass is 35.5. The molecule has 0 aliphatic carbocycles. The number of nitrogens with zero attached hydrogens (tertiary/aromatic N) is 5. The average molecular weight is 277 g/mol. The number of ether oxygens (including phenoxy) is 1. The van der Waals surface area contributed by atoms with Gasteiger partial charge >= 0.3 is 0 Å². The highest BCUT2D eigenvalue weighted by Gasteiger charge is 2.06. The lowest BCUT2D eigenvalue weighted by Gasteiger charge is -2.08. The fourth-order valence-corrected chi connectivity index (χ4v) is 1.77. The third-order valence-corrected chi connectivity index (χ3v) is 2.63. The van der Waals surface area contributed by atoms with Crippen molar-refractivity contribution in [3.63, 3.8) is 0 Å². The molecule has 1 N–H and O–H groups in total. The molecular formula is C11H9ClN6O. The molecule has 7 nitrogen and oxygen atoms in total. The first-order valence-electron chi connectivity index (χ1n) is 5.39. The second-order valence-corrected chi connectivity index (χ2v) is 4.04. The van der Waals surface area contributed by atoms with E-state index in [1.165, 1.54) is 6.33 Å². The maximum atomic E-state index is 5.93. The van der Waals surface area contributed by atoms with Crippen LogP contribution in [0.25, 0.3) is 5.78 Å². The zero-order valence-electron chi connectivity index (χ0n) is 9.91. The molecule has 0 aliphatic heterocycles. The van der Waals surface area contributed by atoms with Crippen molar-refractivity contribution in [2.45, 2.75) is 0 Å². The summed E-state index contributed by atoms with van der Waals surface area (Å²) in [4.78, 5) is 12.1. The number of rotatable bonds is 3. The summed E-state index contributed by atoms with van der Waals surface area (Å²) in [6, 6.07) is 5.25. The Labute approximate surface area is 113 Å². The summed E-state index contributed by atoms with van der Waals surface area (Å²) < 4.78 is 6.55. The molecule has 0 aromatic carbocycles. The molecule has 3 aromatic rings. The van der Waals surface area contributed by atoms with Crippen molar-refractivity contribution in [3.8, 4) is 5.88 Å². The Hall–Kier alpha value is -2.41. The molecule has 3 rings (SSSR count). The molecule has 3 aromatic heterocycles. The van der Waals surface area contributed by atoms with Gasteiger partial charge in [-0.3, -0.25) is 0 Å². The van der Waals surface area contributed by atoms with E-state index in [4.69, 9.17) is 16.3 Å². The average Bonchev–Trinajstić information content (AvgIpc) is 2.88. The van der Waals surface area contributed by atoms with E-state index in [1.807, 2.05) is 6.07 Å². The van der Waals surface area contributed by atoms with Gasteiger partial charge in [0.05, 0.1) is 19.0 Å². The van der Waals surface area contributed by atoms with E-state index < -0.39 is 0 Å². The van der Waals surface area contributed by atoms with Crippen molar-refractivity contribution in [3.05, 3.63) is 35.9 Å². The van der Waals surface area contributed by atoms with Crippen LogP contribution in [-0.2, 0) is 0 Å². The minimum atomic E-state index is 0.337. The third-order valence-electron chi connectivity index (χ3n) is 2.44. The highest BCUT2D eigenvalue weighted by molar-refractivity contribution is 6.29. The lowest BCUT2D eigenvalue weighted by atomic mass is 10.4. The molecule has 96 valence electrons. The third kappa shape index (κ3) is 2.27. The lowest BCUT2D eigenvalue weighted by molar-refractivity contribution is 0.398. The van der Waals surface area contributed by atoms with E-state index in [9.17, 15) is 0 Å². The van der Waals surface area contributed by atoms with E-state index in [-0.39, 0.29) is 0 Å². The Balaban J connectivity index is 1.97. The summed E-state index contributed by atoms with van der Waals surface area (Å²) in [6.07, 6.45) is 3.06.